The van der Waals surface area contributed by atoms with Gasteiger partial charge in [-0.25, -0.2) is 0 Å². The molecule has 0 unspecified atom stereocenters. The first-order valence-electron chi connectivity index (χ1n) is 6.11. The molecule has 1 nitrogen and oxygen atoms in total. The van der Waals surface area contributed by atoms with Crippen LogP contribution in [-0.4, -0.2) is 17.4 Å². The molecule has 0 spiro atoms. The Labute approximate surface area is 107 Å². The van der Waals surface area contributed by atoms with Gasteiger partial charge in [-0.15, -0.1) is 0 Å². The van der Waals surface area contributed by atoms with Gasteiger partial charge >= 0.3 is 0 Å². The lowest BCUT2D eigenvalue weighted by Crippen LogP contribution is -2.31. The largest absolute Gasteiger partial charge is 0.496 e. The summed E-state index contributed by atoms with van der Waals surface area (Å²) in [5.74, 6) is 1.03. The lowest BCUT2D eigenvalue weighted by molar-refractivity contribution is 0.418. The Morgan fingerprint density at radius 2 is 1.35 bits per heavy atom. The van der Waals surface area contributed by atoms with E-state index in [4.69, 9.17) is 4.74 Å². The normalized spacial score (nSPS) is 12.9. The molecule has 0 aliphatic rings. The average molecular weight is 252 g/mol. The summed E-state index contributed by atoms with van der Waals surface area (Å²) < 4.78 is 5.53. The van der Waals surface area contributed by atoms with Crippen molar-refractivity contribution < 1.29 is 4.74 Å². The fourth-order valence-corrected chi connectivity index (χ4v) is 6.62. The molecule has 0 N–H and O–H groups in total. The number of benzene rings is 1. The molecule has 0 radical (unpaired) electrons. The van der Waals surface area contributed by atoms with E-state index in [9.17, 15) is 0 Å². The van der Waals surface area contributed by atoms with Gasteiger partial charge in [0.15, 0.2) is 0 Å². The molecule has 96 valence electrons. The van der Waals surface area contributed by atoms with Crippen molar-refractivity contribution in [2.45, 2.75) is 51.9 Å². The summed E-state index contributed by atoms with van der Waals surface area (Å²) >= 11 is 0. The van der Waals surface area contributed by atoms with Crippen molar-refractivity contribution in [3.05, 3.63) is 24.3 Å². The van der Waals surface area contributed by atoms with Gasteiger partial charge in [-0.1, -0.05) is 67.7 Å². The molecule has 1 aromatic carbocycles. The number of ether oxygens (including phenoxy) is 1. The van der Waals surface area contributed by atoms with Crippen molar-refractivity contribution in [2.24, 2.45) is 0 Å². The minimum atomic E-state index is -0.289. The Kier molecular flexibility index (Phi) is 4.25. The van der Waals surface area contributed by atoms with Crippen molar-refractivity contribution >= 4 is 13.2 Å². The number of rotatable bonds is 2. The summed E-state index contributed by atoms with van der Waals surface area (Å²) in [6.45, 7) is 14.0. The van der Waals surface area contributed by atoms with E-state index < -0.39 is 0 Å². The van der Waals surface area contributed by atoms with E-state index in [1.807, 2.05) is 6.07 Å². The van der Waals surface area contributed by atoms with E-state index in [2.05, 4.69) is 59.7 Å². The molecule has 17 heavy (non-hydrogen) atoms. The van der Waals surface area contributed by atoms with E-state index >= 15 is 0 Å². The van der Waals surface area contributed by atoms with E-state index in [1.54, 1.807) is 7.11 Å². The number of hydrogen-bond acceptors (Lipinski definition) is 1. The topological polar surface area (TPSA) is 9.23 Å². The standard InChI is InChI=1S/C15H25OP/c1-14(2,3)17(15(4,5)6)13-11-9-8-10-12(13)16-7/h8-11H,1-7H3. The first-order chi connectivity index (χ1) is 7.68. The molecule has 0 aliphatic carbocycles. The number of hydrogen-bond donors (Lipinski definition) is 0. The van der Waals surface area contributed by atoms with Crippen molar-refractivity contribution in [2.75, 3.05) is 7.11 Å². The molecule has 0 bridgehead atoms. The highest BCUT2D eigenvalue weighted by Gasteiger charge is 2.37. The second kappa shape index (κ2) is 4.98. The highest BCUT2D eigenvalue weighted by Crippen LogP contribution is 2.59. The molecular weight excluding hydrogens is 227 g/mol. The van der Waals surface area contributed by atoms with E-state index in [1.165, 1.54) is 5.30 Å². The Bertz CT molecular complexity index is 357. The quantitative estimate of drug-likeness (QED) is 0.709. The summed E-state index contributed by atoms with van der Waals surface area (Å²) in [7, 11) is 1.47. The van der Waals surface area contributed by atoms with Gasteiger partial charge in [-0.05, 0) is 16.4 Å². The fourth-order valence-electron chi connectivity index (χ4n) is 2.54. The zero-order chi connectivity index (χ0) is 13.3. The van der Waals surface area contributed by atoms with E-state index in [0.717, 1.165) is 5.75 Å². The zero-order valence-electron chi connectivity index (χ0n) is 12.2. The van der Waals surface area contributed by atoms with Crippen molar-refractivity contribution in [1.82, 2.24) is 0 Å². The van der Waals surface area contributed by atoms with Gasteiger partial charge in [0.1, 0.15) is 5.75 Å². The second-order valence-corrected chi connectivity index (χ2v) is 10.2. The molecular formula is C15H25OP. The van der Waals surface area contributed by atoms with Gasteiger partial charge in [0.2, 0.25) is 0 Å². The van der Waals surface area contributed by atoms with Crippen LogP contribution in [0.25, 0.3) is 0 Å². The third-order valence-corrected chi connectivity index (χ3v) is 6.20. The lowest BCUT2D eigenvalue weighted by atomic mass is 10.2. The van der Waals surface area contributed by atoms with Crippen molar-refractivity contribution in [1.29, 1.82) is 0 Å². The van der Waals surface area contributed by atoms with Gasteiger partial charge in [-0.3, -0.25) is 0 Å². The molecule has 1 rings (SSSR count). The molecule has 0 saturated carbocycles. The van der Waals surface area contributed by atoms with Crippen molar-refractivity contribution in [3.8, 4) is 5.75 Å². The van der Waals surface area contributed by atoms with Crippen LogP contribution in [0.4, 0.5) is 0 Å². The summed E-state index contributed by atoms with van der Waals surface area (Å²) in [6, 6.07) is 8.45. The van der Waals surface area contributed by atoms with Crippen LogP contribution in [0.3, 0.4) is 0 Å². The van der Waals surface area contributed by atoms with Crippen LogP contribution < -0.4 is 10.0 Å². The first-order valence-corrected chi connectivity index (χ1v) is 7.45. The van der Waals surface area contributed by atoms with Crippen LogP contribution in [0, 0.1) is 0 Å². The Balaban J connectivity index is 3.33. The molecule has 0 fully saturated rings. The smallest absolute Gasteiger partial charge is 0.126 e. The molecule has 0 heterocycles. The lowest BCUT2D eigenvalue weighted by Gasteiger charge is -2.42. The summed E-state index contributed by atoms with van der Waals surface area (Å²) in [4.78, 5) is 0. The highest BCUT2D eigenvalue weighted by molar-refractivity contribution is 7.68. The van der Waals surface area contributed by atoms with Crippen LogP contribution in [0.5, 0.6) is 5.75 Å². The van der Waals surface area contributed by atoms with Crippen LogP contribution >= 0.6 is 7.92 Å². The maximum atomic E-state index is 5.53. The van der Waals surface area contributed by atoms with Gasteiger partial charge < -0.3 is 4.74 Å². The van der Waals surface area contributed by atoms with E-state index in [-0.39, 0.29) is 18.2 Å². The van der Waals surface area contributed by atoms with Crippen molar-refractivity contribution in [3.63, 3.8) is 0 Å². The predicted octanol–water partition coefficient (Wildman–Crippen LogP) is 4.40. The average Bonchev–Trinajstić information content (AvgIpc) is 2.14. The van der Waals surface area contributed by atoms with Gasteiger partial charge in [-0.2, -0.15) is 0 Å². The maximum absolute atomic E-state index is 5.53. The first kappa shape index (κ1) is 14.5. The summed E-state index contributed by atoms with van der Waals surface area (Å²) in [6.07, 6.45) is 0. The van der Waals surface area contributed by atoms with E-state index in [0.29, 0.717) is 0 Å². The maximum Gasteiger partial charge on any atom is 0.126 e. The zero-order valence-corrected chi connectivity index (χ0v) is 13.1. The van der Waals surface area contributed by atoms with Crippen LogP contribution in [0.15, 0.2) is 24.3 Å². The fraction of sp³-hybridized carbons (Fsp3) is 0.600. The summed E-state index contributed by atoms with van der Waals surface area (Å²) in [5.41, 5.74) is 0. The van der Waals surface area contributed by atoms with Gasteiger partial charge in [0.05, 0.1) is 7.11 Å². The third kappa shape index (κ3) is 3.45. The second-order valence-electron chi connectivity index (χ2n) is 6.35. The molecule has 0 aromatic heterocycles. The molecule has 2 heteroatoms. The Morgan fingerprint density at radius 3 is 1.76 bits per heavy atom. The third-order valence-electron chi connectivity index (χ3n) is 2.67. The monoisotopic (exact) mass is 252 g/mol. The predicted molar refractivity (Wildman–Crippen MR) is 79.1 cm³/mol. The van der Waals surface area contributed by atoms with Gasteiger partial charge in [0, 0.05) is 5.30 Å². The van der Waals surface area contributed by atoms with Gasteiger partial charge in [0.25, 0.3) is 0 Å². The molecule has 0 saturated heterocycles. The van der Waals surface area contributed by atoms with Crippen LogP contribution in [0.2, 0.25) is 0 Å². The van der Waals surface area contributed by atoms with Crippen LogP contribution in [0.1, 0.15) is 41.5 Å². The molecule has 1 aromatic rings. The van der Waals surface area contributed by atoms with Crippen LogP contribution in [-0.2, 0) is 0 Å². The number of methoxy groups -OCH3 is 1. The molecule has 0 aliphatic heterocycles. The highest BCUT2D eigenvalue weighted by atomic mass is 31.1. The Hall–Kier alpha value is -0.550. The summed E-state index contributed by atoms with van der Waals surface area (Å²) in [5, 5.41) is 1.94. The minimum absolute atomic E-state index is 0.280. The number of para-hydroxylation sites is 1. The molecule has 0 atom stereocenters. The molecule has 0 amide bonds. The Morgan fingerprint density at radius 1 is 0.882 bits per heavy atom. The minimum Gasteiger partial charge on any atom is -0.496 e. The SMILES string of the molecule is COc1ccccc1P(C(C)(C)C)C(C)(C)C.